The van der Waals surface area contributed by atoms with Crippen LogP contribution in [-0.4, -0.2) is 16.8 Å². The van der Waals surface area contributed by atoms with Crippen molar-refractivity contribution in [2.24, 2.45) is 0 Å². The Balaban J connectivity index is 2.21. The third-order valence-electron chi connectivity index (χ3n) is 1.77. The molecule has 0 aliphatic carbocycles. The molecule has 14 heavy (non-hydrogen) atoms. The average molecular weight is 214 g/mol. The molecule has 0 spiro atoms. The zero-order chi connectivity index (χ0) is 10.4. The highest BCUT2D eigenvalue weighted by Gasteiger charge is 2.01. The van der Waals surface area contributed by atoms with Gasteiger partial charge in [0.05, 0.1) is 12.2 Å². The highest BCUT2D eigenvalue weighted by atomic mass is 32.2. The standard InChI is InChI=1S/C10H14O3S/c1-2-8-3-4-9(13-8)7-14-6-5-10(11)12/h3-4H,2,5-7H2,1H3,(H,11,12). The fourth-order valence-electron chi connectivity index (χ4n) is 1.02. The molecule has 0 unspecified atom stereocenters. The van der Waals surface area contributed by atoms with Crippen LogP contribution in [0.5, 0.6) is 0 Å². The Morgan fingerprint density at radius 3 is 2.79 bits per heavy atom. The molecule has 0 bridgehead atoms. The predicted molar refractivity (Wildman–Crippen MR) is 56.5 cm³/mol. The van der Waals surface area contributed by atoms with Crippen LogP contribution in [0.1, 0.15) is 24.9 Å². The van der Waals surface area contributed by atoms with E-state index in [9.17, 15) is 4.79 Å². The number of rotatable bonds is 6. The Kier molecular flexibility index (Phi) is 4.59. The highest BCUT2D eigenvalue weighted by Crippen LogP contribution is 2.16. The van der Waals surface area contributed by atoms with Crippen molar-refractivity contribution in [1.29, 1.82) is 0 Å². The first-order chi connectivity index (χ1) is 6.72. The molecule has 4 heteroatoms. The van der Waals surface area contributed by atoms with Gasteiger partial charge in [-0.1, -0.05) is 6.92 Å². The van der Waals surface area contributed by atoms with Crippen LogP contribution < -0.4 is 0 Å². The monoisotopic (exact) mass is 214 g/mol. The van der Waals surface area contributed by atoms with E-state index in [1.54, 1.807) is 11.8 Å². The normalized spacial score (nSPS) is 10.4. The molecule has 78 valence electrons. The third-order valence-corrected chi connectivity index (χ3v) is 2.75. The van der Waals surface area contributed by atoms with Gasteiger partial charge in [-0.2, -0.15) is 11.8 Å². The first kappa shape index (κ1) is 11.2. The fraction of sp³-hybridized carbons (Fsp3) is 0.500. The van der Waals surface area contributed by atoms with E-state index < -0.39 is 5.97 Å². The van der Waals surface area contributed by atoms with Crippen LogP contribution in [0.3, 0.4) is 0 Å². The van der Waals surface area contributed by atoms with E-state index in [4.69, 9.17) is 9.52 Å². The number of thioether (sulfide) groups is 1. The van der Waals surface area contributed by atoms with Gasteiger partial charge in [0.2, 0.25) is 0 Å². The number of carboxylic acid groups (broad SMARTS) is 1. The zero-order valence-corrected chi connectivity index (χ0v) is 8.97. The zero-order valence-electron chi connectivity index (χ0n) is 8.16. The summed E-state index contributed by atoms with van der Waals surface area (Å²) in [6.07, 6.45) is 1.12. The Hall–Kier alpha value is -0.900. The summed E-state index contributed by atoms with van der Waals surface area (Å²) < 4.78 is 5.47. The van der Waals surface area contributed by atoms with Crippen LogP contribution in [0.25, 0.3) is 0 Å². The van der Waals surface area contributed by atoms with Crippen molar-refractivity contribution in [3.05, 3.63) is 23.7 Å². The SMILES string of the molecule is CCc1ccc(CSCCC(=O)O)o1. The first-order valence-corrected chi connectivity index (χ1v) is 5.75. The Labute approximate surface area is 87.5 Å². The van der Waals surface area contributed by atoms with Crippen molar-refractivity contribution in [1.82, 2.24) is 0 Å². The maximum absolute atomic E-state index is 10.2. The lowest BCUT2D eigenvalue weighted by atomic mass is 10.4. The molecular weight excluding hydrogens is 200 g/mol. The number of aryl methyl sites for hydroxylation is 1. The van der Waals surface area contributed by atoms with Crippen molar-refractivity contribution >= 4 is 17.7 Å². The molecule has 0 saturated heterocycles. The van der Waals surface area contributed by atoms with Gasteiger partial charge >= 0.3 is 5.97 Å². The Morgan fingerprint density at radius 2 is 2.21 bits per heavy atom. The van der Waals surface area contributed by atoms with Gasteiger partial charge in [-0.25, -0.2) is 0 Å². The predicted octanol–water partition coefficient (Wildman–Crippen LogP) is 2.55. The van der Waals surface area contributed by atoms with Gasteiger partial charge in [0.25, 0.3) is 0 Å². The van der Waals surface area contributed by atoms with E-state index in [-0.39, 0.29) is 6.42 Å². The first-order valence-electron chi connectivity index (χ1n) is 4.59. The van der Waals surface area contributed by atoms with Gasteiger partial charge in [0.15, 0.2) is 0 Å². The van der Waals surface area contributed by atoms with Gasteiger partial charge in [-0.15, -0.1) is 0 Å². The van der Waals surface area contributed by atoms with Gasteiger partial charge in [-0.05, 0) is 12.1 Å². The molecule has 1 aromatic heterocycles. The summed E-state index contributed by atoms with van der Waals surface area (Å²) in [4.78, 5) is 10.2. The maximum atomic E-state index is 10.2. The molecular formula is C10H14O3S. The Bertz CT molecular complexity index is 293. The summed E-state index contributed by atoms with van der Waals surface area (Å²) in [7, 11) is 0. The van der Waals surface area contributed by atoms with Gasteiger partial charge < -0.3 is 9.52 Å². The maximum Gasteiger partial charge on any atom is 0.304 e. The number of carboxylic acids is 1. The van der Waals surface area contributed by atoms with E-state index >= 15 is 0 Å². The van der Waals surface area contributed by atoms with E-state index in [1.807, 2.05) is 19.1 Å². The van der Waals surface area contributed by atoms with E-state index in [0.717, 1.165) is 23.7 Å². The summed E-state index contributed by atoms with van der Waals surface area (Å²) in [5.41, 5.74) is 0. The number of carbonyl (C=O) groups is 1. The minimum atomic E-state index is -0.744. The van der Waals surface area contributed by atoms with Crippen LogP contribution in [0, 0.1) is 0 Å². The molecule has 0 aromatic carbocycles. The molecule has 0 aliphatic heterocycles. The molecule has 0 amide bonds. The second-order valence-corrected chi connectivity index (χ2v) is 4.02. The summed E-state index contributed by atoms with van der Waals surface area (Å²) in [6, 6.07) is 3.92. The van der Waals surface area contributed by atoms with Crippen molar-refractivity contribution in [2.75, 3.05) is 5.75 Å². The van der Waals surface area contributed by atoms with Gasteiger partial charge in [0, 0.05) is 12.2 Å². The molecule has 0 radical (unpaired) electrons. The molecule has 3 nitrogen and oxygen atoms in total. The summed E-state index contributed by atoms with van der Waals surface area (Å²) in [5, 5.41) is 8.42. The molecule has 0 fully saturated rings. The Morgan fingerprint density at radius 1 is 1.50 bits per heavy atom. The second kappa shape index (κ2) is 5.75. The van der Waals surface area contributed by atoms with Crippen LogP contribution in [0.15, 0.2) is 16.5 Å². The van der Waals surface area contributed by atoms with Crippen molar-refractivity contribution in [3.8, 4) is 0 Å². The lowest BCUT2D eigenvalue weighted by molar-refractivity contribution is -0.136. The molecule has 1 aromatic rings. The van der Waals surface area contributed by atoms with E-state index in [2.05, 4.69) is 0 Å². The second-order valence-electron chi connectivity index (χ2n) is 2.92. The van der Waals surface area contributed by atoms with Crippen molar-refractivity contribution < 1.29 is 14.3 Å². The van der Waals surface area contributed by atoms with Crippen LogP contribution in [-0.2, 0) is 17.0 Å². The minimum absolute atomic E-state index is 0.214. The summed E-state index contributed by atoms with van der Waals surface area (Å²) in [5.74, 6) is 2.56. The quantitative estimate of drug-likeness (QED) is 0.739. The number of furan rings is 1. The smallest absolute Gasteiger partial charge is 0.304 e. The highest BCUT2D eigenvalue weighted by molar-refractivity contribution is 7.98. The van der Waals surface area contributed by atoms with Crippen molar-refractivity contribution in [2.45, 2.75) is 25.5 Å². The molecule has 1 N–H and O–H groups in total. The molecule has 0 aliphatic rings. The summed E-state index contributed by atoms with van der Waals surface area (Å²) in [6.45, 7) is 2.04. The van der Waals surface area contributed by atoms with E-state index in [1.165, 1.54) is 0 Å². The molecule has 1 rings (SSSR count). The van der Waals surface area contributed by atoms with Crippen LogP contribution in [0.4, 0.5) is 0 Å². The number of hydrogen-bond acceptors (Lipinski definition) is 3. The third kappa shape index (κ3) is 3.87. The average Bonchev–Trinajstić information content (AvgIpc) is 2.60. The molecule has 0 atom stereocenters. The van der Waals surface area contributed by atoms with Gasteiger partial charge in [-0.3, -0.25) is 4.79 Å². The fourth-order valence-corrected chi connectivity index (χ4v) is 1.84. The largest absolute Gasteiger partial charge is 0.481 e. The summed E-state index contributed by atoms with van der Waals surface area (Å²) >= 11 is 1.58. The molecule has 0 saturated carbocycles. The van der Waals surface area contributed by atoms with Crippen LogP contribution in [0.2, 0.25) is 0 Å². The molecule has 1 heterocycles. The lowest BCUT2D eigenvalue weighted by Gasteiger charge is -1.96. The minimum Gasteiger partial charge on any atom is -0.481 e. The topological polar surface area (TPSA) is 50.4 Å². The lowest BCUT2D eigenvalue weighted by Crippen LogP contribution is -1.95. The number of hydrogen-bond donors (Lipinski definition) is 1. The van der Waals surface area contributed by atoms with Crippen LogP contribution >= 0.6 is 11.8 Å². The van der Waals surface area contributed by atoms with E-state index in [0.29, 0.717) is 5.75 Å². The number of aliphatic carboxylic acids is 1. The van der Waals surface area contributed by atoms with Crippen molar-refractivity contribution in [3.63, 3.8) is 0 Å². The van der Waals surface area contributed by atoms with Gasteiger partial charge in [0.1, 0.15) is 11.5 Å².